The molecule has 0 saturated carbocycles. The molecule has 1 aromatic rings. The second kappa shape index (κ2) is 5.53. The van der Waals surface area contributed by atoms with Gasteiger partial charge < -0.3 is 14.9 Å². The molecule has 0 heterocycles. The number of ether oxygens (including phenoxy) is 1. The Bertz CT molecular complexity index is 297. The summed E-state index contributed by atoms with van der Waals surface area (Å²) in [5.41, 5.74) is 1.16. The molecule has 0 radical (unpaired) electrons. The molecular formula is C10H13IO3. The number of rotatable bonds is 4. The van der Waals surface area contributed by atoms with Crippen LogP contribution in [0.15, 0.2) is 18.2 Å². The van der Waals surface area contributed by atoms with Gasteiger partial charge in [-0.25, -0.2) is 0 Å². The van der Waals surface area contributed by atoms with Crippen molar-refractivity contribution >= 4 is 22.6 Å². The van der Waals surface area contributed by atoms with Gasteiger partial charge in [0.25, 0.3) is 0 Å². The first-order chi connectivity index (χ1) is 6.67. The summed E-state index contributed by atoms with van der Waals surface area (Å²) in [5.74, 6) is 0.698. The van der Waals surface area contributed by atoms with Crippen molar-refractivity contribution in [3.63, 3.8) is 0 Å². The summed E-state index contributed by atoms with van der Waals surface area (Å²) >= 11 is 2.16. The van der Waals surface area contributed by atoms with E-state index in [2.05, 4.69) is 22.6 Å². The van der Waals surface area contributed by atoms with Crippen LogP contribution in [0.2, 0.25) is 0 Å². The van der Waals surface area contributed by atoms with E-state index < -0.39 is 6.10 Å². The summed E-state index contributed by atoms with van der Waals surface area (Å²) in [4.78, 5) is 0. The van der Waals surface area contributed by atoms with E-state index in [1.54, 1.807) is 0 Å². The van der Waals surface area contributed by atoms with Gasteiger partial charge in [-0.3, -0.25) is 0 Å². The molecule has 78 valence electrons. The molecule has 2 N–H and O–H groups in total. The molecule has 0 aliphatic carbocycles. The van der Waals surface area contributed by atoms with Crippen molar-refractivity contribution in [2.75, 3.05) is 13.2 Å². The van der Waals surface area contributed by atoms with Gasteiger partial charge in [0.15, 0.2) is 0 Å². The standard InChI is InChI=1S/C10H13IO3/c1-7-2-3-10(9(11)4-7)14-8(5-12)6-13/h2-4,8,12-13H,5-6H2,1H3. The topological polar surface area (TPSA) is 49.7 Å². The molecule has 0 atom stereocenters. The summed E-state index contributed by atoms with van der Waals surface area (Å²) in [5, 5.41) is 17.7. The molecule has 0 unspecified atom stereocenters. The maximum absolute atomic E-state index is 8.85. The van der Waals surface area contributed by atoms with Gasteiger partial charge in [0.2, 0.25) is 0 Å². The fourth-order valence-electron chi connectivity index (χ4n) is 1.01. The molecule has 0 saturated heterocycles. The lowest BCUT2D eigenvalue weighted by atomic mass is 10.2. The van der Waals surface area contributed by atoms with Crippen LogP contribution < -0.4 is 4.74 Å². The van der Waals surface area contributed by atoms with Gasteiger partial charge in [0, 0.05) is 0 Å². The van der Waals surface area contributed by atoms with Crippen molar-refractivity contribution in [1.82, 2.24) is 0 Å². The minimum Gasteiger partial charge on any atom is -0.485 e. The van der Waals surface area contributed by atoms with Gasteiger partial charge in [0.05, 0.1) is 16.8 Å². The third-order valence-corrected chi connectivity index (χ3v) is 2.63. The summed E-state index contributed by atoms with van der Waals surface area (Å²) in [6.07, 6.45) is -0.536. The first-order valence-electron chi connectivity index (χ1n) is 4.32. The molecule has 0 aliphatic rings. The predicted octanol–water partition coefficient (Wildman–Crippen LogP) is 1.33. The minimum absolute atomic E-state index is 0.180. The van der Waals surface area contributed by atoms with E-state index in [0.717, 1.165) is 9.13 Å². The Morgan fingerprint density at radius 3 is 2.50 bits per heavy atom. The summed E-state index contributed by atoms with van der Waals surface area (Å²) in [7, 11) is 0. The summed E-state index contributed by atoms with van der Waals surface area (Å²) in [6, 6.07) is 5.76. The maximum Gasteiger partial charge on any atom is 0.145 e. The van der Waals surface area contributed by atoms with Gasteiger partial charge in [-0.2, -0.15) is 0 Å². The first-order valence-corrected chi connectivity index (χ1v) is 5.39. The van der Waals surface area contributed by atoms with Gasteiger partial charge >= 0.3 is 0 Å². The monoisotopic (exact) mass is 308 g/mol. The Labute approximate surface area is 96.9 Å². The molecule has 0 bridgehead atoms. The maximum atomic E-state index is 8.85. The van der Waals surface area contributed by atoms with E-state index in [1.165, 1.54) is 0 Å². The lowest BCUT2D eigenvalue weighted by molar-refractivity contribution is 0.0623. The highest BCUT2D eigenvalue weighted by atomic mass is 127. The first kappa shape index (κ1) is 11.7. The average molecular weight is 308 g/mol. The van der Waals surface area contributed by atoms with Crippen LogP contribution in [0.5, 0.6) is 5.75 Å². The SMILES string of the molecule is Cc1ccc(OC(CO)CO)c(I)c1. The molecule has 1 rings (SSSR count). The molecule has 0 fully saturated rings. The van der Waals surface area contributed by atoms with Gasteiger partial charge in [-0.05, 0) is 47.2 Å². The zero-order valence-electron chi connectivity index (χ0n) is 7.90. The number of hydrogen-bond acceptors (Lipinski definition) is 3. The van der Waals surface area contributed by atoms with Crippen LogP contribution in [-0.2, 0) is 0 Å². The highest BCUT2D eigenvalue weighted by molar-refractivity contribution is 14.1. The predicted molar refractivity (Wildman–Crippen MR) is 62.5 cm³/mol. The molecule has 1 aromatic carbocycles. The quantitative estimate of drug-likeness (QED) is 0.825. The minimum atomic E-state index is -0.536. The number of aryl methyl sites for hydroxylation is 1. The number of benzene rings is 1. The van der Waals surface area contributed by atoms with Gasteiger partial charge in [-0.15, -0.1) is 0 Å². The number of halogens is 1. The lowest BCUT2D eigenvalue weighted by Crippen LogP contribution is -2.25. The van der Waals surface area contributed by atoms with Crippen LogP contribution in [0, 0.1) is 10.5 Å². The van der Waals surface area contributed by atoms with E-state index in [4.69, 9.17) is 14.9 Å². The Balaban J connectivity index is 2.76. The zero-order valence-corrected chi connectivity index (χ0v) is 10.1. The van der Waals surface area contributed by atoms with Crippen LogP contribution >= 0.6 is 22.6 Å². The van der Waals surface area contributed by atoms with Crippen molar-refractivity contribution in [2.24, 2.45) is 0 Å². The Hall–Kier alpha value is -0.330. The molecule has 0 aromatic heterocycles. The molecular weight excluding hydrogens is 295 g/mol. The molecule has 3 nitrogen and oxygen atoms in total. The Kier molecular flexibility index (Phi) is 4.64. The molecule has 14 heavy (non-hydrogen) atoms. The second-order valence-corrected chi connectivity index (χ2v) is 4.20. The van der Waals surface area contributed by atoms with E-state index in [9.17, 15) is 0 Å². The van der Waals surface area contributed by atoms with Crippen LogP contribution in [0.25, 0.3) is 0 Å². The van der Waals surface area contributed by atoms with Crippen molar-refractivity contribution < 1.29 is 14.9 Å². The Morgan fingerprint density at radius 1 is 1.36 bits per heavy atom. The summed E-state index contributed by atoms with van der Waals surface area (Å²) in [6.45, 7) is 1.64. The normalized spacial score (nSPS) is 10.6. The van der Waals surface area contributed by atoms with Crippen molar-refractivity contribution in [3.8, 4) is 5.75 Å². The Morgan fingerprint density at radius 2 is 2.00 bits per heavy atom. The van der Waals surface area contributed by atoms with Gasteiger partial charge in [0.1, 0.15) is 11.9 Å². The van der Waals surface area contributed by atoms with Crippen LogP contribution in [0.3, 0.4) is 0 Å². The molecule has 0 spiro atoms. The highest BCUT2D eigenvalue weighted by Gasteiger charge is 2.09. The van der Waals surface area contributed by atoms with E-state index in [-0.39, 0.29) is 13.2 Å². The third-order valence-electron chi connectivity index (χ3n) is 1.79. The molecule has 0 aliphatic heterocycles. The van der Waals surface area contributed by atoms with Crippen LogP contribution in [0.1, 0.15) is 5.56 Å². The molecule has 4 heteroatoms. The van der Waals surface area contributed by atoms with E-state index in [1.807, 2.05) is 25.1 Å². The van der Waals surface area contributed by atoms with Crippen molar-refractivity contribution in [3.05, 3.63) is 27.3 Å². The highest BCUT2D eigenvalue weighted by Crippen LogP contribution is 2.22. The largest absolute Gasteiger partial charge is 0.485 e. The summed E-state index contributed by atoms with van der Waals surface area (Å²) < 4.78 is 6.37. The fraction of sp³-hybridized carbons (Fsp3) is 0.400. The van der Waals surface area contributed by atoms with Crippen LogP contribution in [-0.4, -0.2) is 29.5 Å². The van der Waals surface area contributed by atoms with Crippen molar-refractivity contribution in [1.29, 1.82) is 0 Å². The molecule has 0 amide bonds. The number of hydrogen-bond donors (Lipinski definition) is 2. The zero-order chi connectivity index (χ0) is 10.6. The lowest BCUT2D eigenvalue weighted by Gasteiger charge is -2.15. The fourth-order valence-corrected chi connectivity index (χ4v) is 1.81. The van der Waals surface area contributed by atoms with E-state index in [0.29, 0.717) is 5.75 Å². The van der Waals surface area contributed by atoms with Crippen molar-refractivity contribution in [2.45, 2.75) is 13.0 Å². The van der Waals surface area contributed by atoms with Crippen LogP contribution in [0.4, 0.5) is 0 Å². The van der Waals surface area contributed by atoms with Gasteiger partial charge in [-0.1, -0.05) is 6.07 Å². The third kappa shape index (κ3) is 3.11. The van der Waals surface area contributed by atoms with E-state index >= 15 is 0 Å². The second-order valence-electron chi connectivity index (χ2n) is 3.04. The number of aliphatic hydroxyl groups excluding tert-OH is 2. The number of aliphatic hydroxyl groups is 2. The smallest absolute Gasteiger partial charge is 0.145 e. The average Bonchev–Trinajstić information content (AvgIpc) is 2.17.